The van der Waals surface area contributed by atoms with Gasteiger partial charge >= 0.3 is 0 Å². The van der Waals surface area contributed by atoms with Crippen LogP contribution in [-0.2, 0) is 12.2 Å². The Hall–Kier alpha value is -2.03. The van der Waals surface area contributed by atoms with Crippen molar-refractivity contribution in [3.8, 4) is 6.07 Å². The van der Waals surface area contributed by atoms with Gasteiger partial charge in [0.25, 0.3) is 0 Å². The number of thiocarbonyl (C=S) groups is 1. The van der Waals surface area contributed by atoms with Gasteiger partial charge in [-0.15, -0.1) is 0 Å². The zero-order chi connectivity index (χ0) is 17.9. The number of hydrogen-bond acceptors (Lipinski definition) is 3. The molecule has 0 aromatic heterocycles. The monoisotopic (exact) mass is 369 g/mol. The molecule has 0 radical (unpaired) electrons. The Morgan fingerprint density at radius 1 is 1.16 bits per heavy atom. The lowest BCUT2D eigenvalue weighted by atomic mass is 10.1. The highest BCUT2D eigenvalue weighted by Gasteiger charge is 1.99. The smallest absolute Gasteiger partial charge is 0.170 e. The van der Waals surface area contributed by atoms with Crippen LogP contribution in [0.4, 0.5) is 5.69 Å². The lowest BCUT2D eigenvalue weighted by Gasteiger charge is -2.10. The number of anilines is 1. The van der Waals surface area contributed by atoms with E-state index >= 15 is 0 Å². The molecule has 2 aromatic carbocycles. The Bertz CT molecular complexity index is 720. The largest absolute Gasteiger partial charge is 0.362 e. The predicted octanol–water partition coefficient (Wildman–Crippen LogP) is 4.67. The maximum Gasteiger partial charge on any atom is 0.170 e. The summed E-state index contributed by atoms with van der Waals surface area (Å²) in [5, 5.41) is 15.7. The summed E-state index contributed by atoms with van der Waals surface area (Å²) in [6.07, 6.45) is 1.50. The van der Waals surface area contributed by atoms with Crippen molar-refractivity contribution < 1.29 is 0 Å². The molecule has 0 saturated carbocycles. The average molecular weight is 370 g/mol. The molecule has 2 rings (SSSR count). The second-order valence-electron chi connectivity index (χ2n) is 5.81. The van der Waals surface area contributed by atoms with Crippen molar-refractivity contribution in [2.45, 2.75) is 25.5 Å². The standard InChI is InChI=1S/C20H23N3S2/c1-16-4-2-5-18(14-16)15-25-13-3-12-22-20(24)23-19-8-6-17(7-9-19)10-11-21/h2,4-9,14H,3,10,12-13,15H2,1H3,(H2,22,23,24). The molecule has 0 atom stereocenters. The van der Waals surface area contributed by atoms with Gasteiger partial charge in [-0.05, 0) is 54.6 Å². The summed E-state index contributed by atoms with van der Waals surface area (Å²) in [7, 11) is 0. The summed E-state index contributed by atoms with van der Waals surface area (Å²) in [6.45, 7) is 2.99. The van der Waals surface area contributed by atoms with E-state index in [4.69, 9.17) is 17.5 Å². The topological polar surface area (TPSA) is 47.8 Å². The Morgan fingerprint density at radius 2 is 1.96 bits per heavy atom. The lowest BCUT2D eigenvalue weighted by molar-refractivity contribution is 0.854. The number of nitriles is 1. The third-order valence-corrected chi connectivity index (χ3v) is 4.96. The van der Waals surface area contributed by atoms with E-state index in [0.717, 1.165) is 35.7 Å². The summed E-state index contributed by atoms with van der Waals surface area (Å²) >= 11 is 7.25. The molecule has 0 saturated heterocycles. The summed E-state index contributed by atoms with van der Waals surface area (Å²) in [6, 6.07) is 18.6. The van der Waals surface area contributed by atoms with Crippen LogP contribution in [0.1, 0.15) is 23.1 Å². The maximum atomic E-state index is 8.67. The number of nitrogens with zero attached hydrogens (tertiary/aromatic N) is 1. The van der Waals surface area contributed by atoms with Gasteiger partial charge in [-0.2, -0.15) is 17.0 Å². The molecular weight excluding hydrogens is 346 g/mol. The van der Waals surface area contributed by atoms with Crippen LogP contribution in [0.25, 0.3) is 0 Å². The molecular formula is C20H23N3S2. The Labute approximate surface area is 159 Å². The van der Waals surface area contributed by atoms with Crippen molar-refractivity contribution in [2.24, 2.45) is 0 Å². The number of thioether (sulfide) groups is 1. The second kappa shape index (κ2) is 10.8. The van der Waals surface area contributed by atoms with Crippen LogP contribution in [-0.4, -0.2) is 17.4 Å². The first-order valence-corrected chi connectivity index (χ1v) is 9.87. The van der Waals surface area contributed by atoms with Crippen LogP contribution in [0.15, 0.2) is 48.5 Å². The van der Waals surface area contributed by atoms with Crippen molar-refractivity contribution >= 4 is 34.8 Å². The molecule has 25 heavy (non-hydrogen) atoms. The fraction of sp³-hybridized carbons (Fsp3) is 0.300. The molecule has 0 amide bonds. The molecule has 130 valence electrons. The fourth-order valence-corrected chi connectivity index (χ4v) is 3.47. The van der Waals surface area contributed by atoms with Gasteiger partial charge in [-0.1, -0.05) is 42.0 Å². The van der Waals surface area contributed by atoms with Crippen LogP contribution >= 0.6 is 24.0 Å². The first kappa shape index (κ1) is 19.3. The summed E-state index contributed by atoms with van der Waals surface area (Å²) in [4.78, 5) is 0. The van der Waals surface area contributed by atoms with Crippen LogP contribution in [0.2, 0.25) is 0 Å². The fourth-order valence-electron chi connectivity index (χ4n) is 2.34. The van der Waals surface area contributed by atoms with E-state index in [1.54, 1.807) is 0 Å². The Balaban J connectivity index is 1.58. The lowest BCUT2D eigenvalue weighted by Crippen LogP contribution is -2.29. The minimum absolute atomic E-state index is 0.434. The second-order valence-corrected chi connectivity index (χ2v) is 7.32. The number of benzene rings is 2. The molecule has 0 aliphatic rings. The molecule has 0 spiro atoms. The number of rotatable bonds is 8. The number of hydrogen-bond donors (Lipinski definition) is 2. The molecule has 0 bridgehead atoms. The average Bonchev–Trinajstić information content (AvgIpc) is 2.60. The summed E-state index contributed by atoms with van der Waals surface area (Å²) in [5.74, 6) is 2.16. The van der Waals surface area contributed by atoms with Gasteiger partial charge in [0.15, 0.2) is 5.11 Å². The van der Waals surface area contributed by atoms with Crippen LogP contribution in [0.3, 0.4) is 0 Å². The zero-order valence-electron chi connectivity index (χ0n) is 14.4. The first-order chi connectivity index (χ1) is 12.2. The summed E-state index contributed by atoms with van der Waals surface area (Å²) in [5.41, 5.74) is 4.65. The van der Waals surface area contributed by atoms with Crippen LogP contribution < -0.4 is 10.6 Å². The number of nitrogens with one attached hydrogen (secondary N) is 2. The maximum absolute atomic E-state index is 8.67. The van der Waals surface area contributed by atoms with Gasteiger partial charge in [0.1, 0.15) is 0 Å². The van der Waals surface area contributed by atoms with E-state index in [1.807, 2.05) is 36.0 Å². The van der Waals surface area contributed by atoms with E-state index < -0.39 is 0 Å². The summed E-state index contributed by atoms with van der Waals surface area (Å²) < 4.78 is 0. The van der Waals surface area contributed by atoms with Crippen molar-refractivity contribution in [3.05, 3.63) is 65.2 Å². The normalized spacial score (nSPS) is 10.1. The highest BCUT2D eigenvalue weighted by atomic mass is 32.2. The van der Waals surface area contributed by atoms with Crippen molar-refractivity contribution in [2.75, 3.05) is 17.6 Å². The minimum Gasteiger partial charge on any atom is -0.362 e. The van der Waals surface area contributed by atoms with Gasteiger partial charge in [-0.25, -0.2) is 0 Å². The third-order valence-electron chi connectivity index (χ3n) is 3.60. The Morgan fingerprint density at radius 3 is 2.68 bits per heavy atom. The first-order valence-electron chi connectivity index (χ1n) is 8.31. The molecule has 0 unspecified atom stereocenters. The number of aryl methyl sites for hydroxylation is 1. The highest BCUT2D eigenvalue weighted by Crippen LogP contribution is 2.14. The SMILES string of the molecule is Cc1cccc(CSCCCNC(=S)Nc2ccc(CC#N)cc2)c1. The molecule has 2 N–H and O–H groups in total. The van der Waals surface area contributed by atoms with Crippen LogP contribution in [0, 0.1) is 18.3 Å². The van der Waals surface area contributed by atoms with Gasteiger partial charge in [0.2, 0.25) is 0 Å². The van der Waals surface area contributed by atoms with Gasteiger partial charge in [0, 0.05) is 18.0 Å². The zero-order valence-corrected chi connectivity index (χ0v) is 16.1. The van der Waals surface area contributed by atoms with Crippen molar-refractivity contribution in [1.82, 2.24) is 5.32 Å². The molecule has 5 heteroatoms. The molecule has 0 aliphatic heterocycles. The molecule has 0 fully saturated rings. The molecule has 0 heterocycles. The van der Waals surface area contributed by atoms with E-state index in [2.05, 4.69) is 47.9 Å². The third kappa shape index (κ3) is 7.59. The Kier molecular flexibility index (Phi) is 8.30. The van der Waals surface area contributed by atoms with E-state index in [1.165, 1.54) is 11.1 Å². The molecule has 2 aromatic rings. The molecule has 3 nitrogen and oxygen atoms in total. The van der Waals surface area contributed by atoms with Crippen molar-refractivity contribution in [1.29, 1.82) is 5.26 Å². The van der Waals surface area contributed by atoms with E-state index in [-0.39, 0.29) is 0 Å². The van der Waals surface area contributed by atoms with Gasteiger partial charge in [0.05, 0.1) is 12.5 Å². The minimum atomic E-state index is 0.434. The van der Waals surface area contributed by atoms with E-state index in [0.29, 0.717) is 11.5 Å². The quantitative estimate of drug-likeness (QED) is 0.523. The van der Waals surface area contributed by atoms with Gasteiger partial charge < -0.3 is 10.6 Å². The predicted molar refractivity (Wildman–Crippen MR) is 112 cm³/mol. The highest BCUT2D eigenvalue weighted by molar-refractivity contribution is 7.98. The van der Waals surface area contributed by atoms with Crippen LogP contribution in [0.5, 0.6) is 0 Å². The molecule has 0 aliphatic carbocycles. The van der Waals surface area contributed by atoms with E-state index in [9.17, 15) is 0 Å². The van der Waals surface area contributed by atoms with Gasteiger partial charge in [-0.3, -0.25) is 0 Å². The van der Waals surface area contributed by atoms with Crippen molar-refractivity contribution in [3.63, 3.8) is 0 Å².